The van der Waals surface area contributed by atoms with Gasteiger partial charge < -0.3 is 8.59 Å². The van der Waals surface area contributed by atoms with Gasteiger partial charge in [-0.1, -0.05) is 103 Å². The summed E-state index contributed by atoms with van der Waals surface area (Å²) in [4.78, 5) is 21.9. The van der Waals surface area contributed by atoms with Crippen molar-refractivity contribution in [3.05, 3.63) is 0 Å². The van der Waals surface area contributed by atoms with Crippen molar-refractivity contribution in [3.63, 3.8) is 0 Å². The van der Waals surface area contributed by atoms with Crippen LogP contribution in [-0.4, -0.2) is 26.8 Å². The van der Waals surface area contributed by atoms with E-state index in [4.69, 9.17) is 9.92 Å². The second kappa shape index (κ2) is 26.5. The minimum Gasteiger partial charge on any atom is -1.00 e. The molecule has 3 N–H and O–H groups in total. The Morgan fingerprint density at radius 3 is 1.47 bits per heavy atom. The summed E-state index contributed by atoms with van der Waals surface area (Å²) in [6, 6.07) is 0. The van der Waals surface area contributed by atoms with Gasteiger partial charge in [-0.05, 0) is 6.42 Å². The Labute approximate surface area is 243 Å². The largest absolute Gasteiger partial charge is 1.00 e. The summed E-state index contributed by atoms with van der Waals surface area (Å²) in [6.45, 7) is 2.31. The van der Waals surface area contributed by atoms with Gasteiger partial charge >= 0.3 is 69.4 Å². The predicted molar refractivity (Wildman–Crippen MR) is 123 cm³/mol. The number of carbonyl (C=O) groups excluding carboxylic acids is 2. The number of amides is 2. The number of nitrogens with two attached hydrogens (primary N) is 1. The normalized spacial score (nSPS) is 10.8. The van der Waals surface area contributed by atoms with E-state index in [1.165, 1.54) is 77.0 Å². The smallest absolute Gasteiger partial charge is 1.00 e. The second-order valence-corrected chi connectivity index (χ2v) is 9.42. The Morgan fingerprint density at radius 2 is 1.09 bits per heavy atom. The summed E-state index contributed by atoms with van der Waals surface area (Å²) in [7, 11) is -4.10. The van der Waals surface area contributed by atoms with E-state index >= 15 is 0 Å². The van der Waals surface area contributed by atoms with Crippen LogP contribution >= 0.6 is 0 Å². The Kier molecular flexibility index (Phi) is 30.9. The molecule has 182 valence electrons. The van der Waals surface area contributed by atoms with Gasteiger partial charge in [-0.15, -0.1) is 0 Å². The van der Waals surface area contributed by atoms with E-state index in [0.29, 0.717) is 6.42 Å². The van der Waals surface area contributed by atoms with Gasteiger partial charge in [0.25, 0.3) is 0 Å². The van der Waals surface area contributed by atoms with Crippen LogP contribution in [0.4, 0.5) is 0 Å². The van der Waals surface area contributed by atoms with Crippen LogP contribution in [-0.2, 0) is 24.1 Å². The quantitative estimate of drug-likeness (QED) is 0.149. The van der Waals surface area contributed by atoms with E-state index < -0.39 is 22.1 Å². The Balaban J connectivity index is -0.000000701. The summed E-state index contributed by atoms with van der Waals surface area (Å²) in [5, 5.41) is 0. The number of hydrogen-bond donors (Lipinski definition) is 2. The summed E-state index contributed by atoms with van der Waals surface area (Å²) < 4.78 is 29.7. The van der Waals surface area contributed by atoms with Crippen LogP contribution < -0.4 is 69.6 Å². The summed E-state index contributed by atoms with van der Waals surface area (Å²) in [5.41, 5.74) is 4.91. The molecule has 0 spiro atoms. The molecule has 0 aromatic heterocycles. The molecule has 0 saturated heterocycles. The molecule has 0 fully saturated rings. The molecule has 0 aromatic rings. The molecule has 0 rings (SSSR count). The third-order valence-electron chi connectivity index (χ3n) is 5.07. The topological polar surface area (TPSA) is 116 Å². The van der Waals surface area contributed by atoms with Gasteiger partial charge in [-0.2, -0.15) is 8.42 Å². The molecule has 32 heavy (non-hydrogen) atoms. The molecular weight excluding hydrogens is 450 g/mol. The maximum absolute atomic E-state index is 11.6. The first kappa shape index (κ1) is 37.4. The number of unbranched alkanes of at least 4 members (excludes halogenated alkanes) is 15. The maximum atomic E-state index is 11.6. The SMILES string of the molecule is CCCCCCCCCCCCCCCCCCOS(=O)(=O)NC(=O)CCC(N)=O.[H-].[H-].[Na+].[Na+]. The van der Waals surface area contributed by atoms with Crippen molar-refractivity contribution in [2.45, 2.75) is 122 Å². The molecule has 0 saturated carbocycles. The van der Waals surface area contributed by atoms with Crippen LogP contribution in [0.15, 0.2) is 0 Å². The van der Waals surface area contributed by atoms with Crippen LogP contribution in [0.1, 0.15) is 125 Å². The summed E-state index contributed by atoms with van der Waals surface area (Å²) in [6.07, 6.45) is 19.5. The van der Waals surface area contributed by atoms with Crippen molar-refractivity contribution in [2.24, 2.45) is 5.73 Å². The number of rotatable bonds is 22. The van der Waals surface area contributed by atoms with Crippen molar-refractivity contribution in [3.8, 4) is 0 Å². The fourth-order valence-electron chi connectivity index (χ4n) is 3.28. The molecule has 0 aliphatic carbocycles. The Bertz CT molecular complexity index is 559. The maximum Gasteiger partial charge on any atom is 1.00 e. The average molecular weight is 497 g/mol. The first-order valence-electron chi connectivity index (χ1n) is 11.9. The molecule has 0 aliphatic heterocycles. The number of primary amides is 1. The van der Waals surface area contributed by atoms with Gasteiger partial charge in [0.2, 0.25) is 11.8 Å². The molecule has 0 aliphatic rings. The monoisotopic (exact) mass is 496 g/mol. The number of carbonyl (C=O) groups is 2. The van der Waals surface area contributed by atoms with Crippen molar-refractivity contribution < 1.29 is 84.2 Å². The number of nitrogens with one attached hydrogen (secondary N) is 1. The van der Waals surface area contributed by atoms with Crippen molar-refractivity contribution >= 4 is 22.1 Å². The zero-order valence-corrected chi connectivity index (χ0v) is 25.8. The molecule has 0 aromatic carbocycles. The first-order chi connectivity index (χ1) is 14.4. The van der Waals surface area contributed by atoms with E-state index in [-0.39, 0.29) is 81.4 Å². The van der Waals surface area contributed by atoms with E-state index in [9.17, 15) is 18.0 Å². The third kappa shape index (κ3) is 28.9. The van der Waals surface area contributed by atoms with Gasteiger partial charge in [0.05, 0.1) is 6.61 Å². The minimum atomic E-state index is -4.10. The molecular formula is C22H46N2Na2O5S. The van der Waals surface area contributed by atoms with Crippen molar-refractivity contribution in [1.82, 2.24) is 4.72 Å². The molecule has 7 nitrogen and oxygen atoms in total. The van der Waals surface area contributed by atoms with E-state index in [2.05, 4.69) is 6.92 Å². The van der Waals surface area contributed by atoms with E-state index in [1.54, 1.807) is 4.72 Å². The molecule has 0 heterocycles. The van der Waals surface area contributed by atoms with Crippen molar-refractivity contribution in [2.75, 3.05) is 6.61 Å². The molecule has 10 heteroatoms. The Morgan fingerprint density at radius 1 is 0.719 bits per heavy atom. The van der Waals surface area contributed by atoms with Gasteiger partial charge in [0.15, 0.2) is 0 Å². The summed E-state index contributed by atoms with van der Waals surface area (Å²) in [5.74, 6) is -1.45. The Hall–Kier alpha value is 0.850. The van der Waals surface area contributed by atoms with Crippen molar-refractivity contribution in [1.29, 1.82) is 0 Å². The van der Waals surface area contributed by atoms with Crippen LogP contribution in [0.3, 0.4) is 0 Å². The third-order valence-corrected chi connectivity index (χ3v) is 6.03. The van der Waals surface area contributed by atoms with Gasteiger partial charge in [-0.25, -0.2) is 4.72 Å². The zero-order valence-electron chi connectivity index (χ0n) is 23.0. The molecule has 0 atom stereocenters. The van der Waals surface area contributed by atoms with Gasteiger partial charge in [-0.3, -0.25) is 13.8 Å². The summed E-state index contributed by atoms with van der Waals surface area (Å²) >= 11 is 0. The van der Waals surface area contributed by atoms with Crippen LogP contribution in [0.2, 0.25) is 0 Å². The fraction of sp³-hybridized carbons (Fsp3) is 0.909. The minimum absolute atomic E-state index is 0. The average Bonchev–Trinajstić information content (AvgIpc) is 2.68. The number of hydrogen-bond acceptors (Lipinski definition) is 5. The predicted octanol–water partition coefficient (Wildman–Crippen LogP) is -0.876. The first-order valence-corrected chi connectivity index (χ1v) is 13.3. The second-order valence-electron chi connectivity index (χ2n) is 8.07. The van der Waals surface area contributed by atoms with Crippen LogP contribution in [0, 0.1) is 0 Å². The van der Waals surface area contributed by atoms with Crippen LogP contribution in [0.25, 0.3) is 0 Å². The molecule has 0 unspecified atom stereocenters. The van der Waals surface area contributed by atoms with E-state index in [0.717, 1.165) is 19.3 Å². The zero-order chi connectivity index (χ0) is 22.5. The molecule has 0 bridgehead atoms. The molecule has 2 amide bonds. The standard InChI is InChI=1S/C22H44N2O5S.2Na.2H/c1-2-3-4-5-6-7-8-9-10-11-12-13-14-15-16-17-20-29-30(27,28)24-22(26)19-18-21(23)25;;;;/h2-20H2,1H3,(H2,23,25)(H,24,26);;;;/q;2*+1;2*-1. The fourth-order valence-corrected chi connectivity index (χ4v) is 4.05. The van der Waals surface area contributed by atoms with E-state index in [1.807, 2.05) is 0 Å². The molecule has 0 radical (unpaired) electrons. The van der Waals surface area contributed by atoms with Gasteiger partial charge in [0, 0.05) is 12.8 Å². The van der Waals surface area contributed by atoms with Gasteiger partial charge in [0.1, 0.15) is 0 Å². The van der Waals surface area contributed by atoms with Crippen LogP contribution in [0.5, 0.6) is 0 Å².